The summed E-state index contributed by atoms with van der Waals surface area (Å²) in [7, 11) is 0. The summed E-state index contributed by atoms with van der Waals surface area (Å²) < 4.78 is 0. The first-order valence-electron chi connectivity index (χ1n) is 5.25. The number of aromatic nitrogens is 2. The molecule has 0 saturated carbocycles. The van der Waals surface area contributed by atoms with Crippen LogP contribution < -0.4 is 0 Å². The van der Waals surface area contributed by atoms with Crippen molar-refractivity contribution in [1.82, 2.24) is 9.97 Å². The van der Waals surface area contributed by atoms with Crippen LogP contribution in [0, 0.1) is 0 Å². The number of halogens is 2. The maximum atomic E-state index is 10.4. The van der Waals surface area contributed by atoms with E-state index in [1.807, 2.05) is 0 Å². The van der Waals surface area contributed by atoms with E-state index in [9.17, 15) is 4.79 Å². The lowest BCUT2D eigenvalue weighted by atomic mass is 10.2. The van der Waals surface area contributed by atoms with Crippen LogP contribution in [-0.2, 0) is 4.79 Å². The van der Waals surface area contributed by atoms with E-state index in [0.29, 0.717) is 27.0 Å². The number of aliphatic carboxylic acids is 1. The van der Waals surface area contributed by atoms with Crippen LogP contribution in [0.2, 0.25) is 10.0 Å². The Labute approximate surface area is 119 Å². The van der Waals surface area contributed by atoms with Crippen molar-refractivity contribution in [1.29, 1.82) is 0 Å². The summed E-state index contributed by atoms with van der Waals surface area (Å²) in [5.74, 6) is -0.570. The number of hydrogen-bond acceptors (Lipinski definition) is 3. The number of nitrogens with zero attached hydrogens (tertiary/aromatic N) is 2. The van der Waals surface area contributed by atoms with Crippen LogP contribution >= 0.6 is 23.2 Å². The molecular weight excluding hydrogens is 287 g/mol. The van der Waals surface area contributed by atoms with Gasteiger partial charge in [-0.3, -0.25) is 0 Å². The number of hydrogen-bond donors (Lipinski definition) is 1. The maximum Gasteiger partial charge on any atom is 0.328 e. The fourth-order valence-corrected chi connectivity index (χ4v) is 1.89. The molecule has 96 valence electrons. The van der Waals surface area contributed by atoms with E-state index in [0.717, 1.165) is 6.08 Å². The van der Waals surface area contributed by atoms with Gasteiger partial charge in [0.2, 0.25) is 0 Å². The summed E-state index contributed by atoms with van der Waals surface area (Å²) >= 11 is 11.9. The summed E-state index contributed by atoms with van der Waals surface area (Å²) in [6.07, 6.45) is 5.47. The van der Waals surface area contributed by atoms with Crippen molar-refractivity contribution in [2.45, 2.75) is 0 Å². The Morgan fingerprint density at radius 3 is 2.47 bits per heavy atom. The highest BCUT2D eigenvalue weighted by Crippen LogP contribution is 2.27. The van der Waals surface area contributed by atoms with Gasteiger partial charge in [0, 0.05) is 34.6 Å². The summed E-state index contributed by atoms with van der Waals surface area (Å²) in [6.45, 7) is 0. The lowest BCUT2D eigenvalue weighted by molar-refractivity contribution is -0.131. The molecule has 0 bridgehead atoms. The molecule has 2 rings (SSSR count). The van der Waals surface area contributed by atoms with Crippen molar-refractivity contribution < 1.29 is 9.90 Å². The molecule has 4 nitrogen and oxygen atoms in total. The van der Waals surface area contributed by atoms with Crippen LogP contribution in [0.5, 0.6) is 0 Å². The van der Waals surface area contributed by atoms with Gasteiger partial charge in [0.05, 0.1) is 5.02 Å². The van der Waals surface area contributed by atoms with Gasteiger partial charge in [-0.2, -0.15) is 0 Å². The minimum absolute atomic E-state index is 0.453. The van der Waals surface area contributed by atoms with Gasteiger partial charge in [0.1, 0.15) is 0 Å². The standard InChI is InChI=1S/C13H8Cl2N2O2/c14-9-2-3-10(11(15)5-9)13-16-6-8(7-17-13)1-4-12(18)19/h1-7H,(H,18,19). The van der Waals surface area contributed by atoms with Crippen molar-refractivity contribution in [2.24, 2.45) is 0 Å². The van der Waals surface area contributed by atoms with Crippen LogP contribution in [0.4, 0.5) is 0 Å². The molecule has 0 aliphatic rings. The Bertz CT molecular complexity index is 640. The van der Waals surface area contributed by atoms with Crippen molar-refractivity contribution in [3.05, 3.63) is 52.3 Å². The van der Waals surface area contributed by atoms with Gasteiger partial charge in [0.15, 0.2) is 5.82 Å². The Kier molecular flexibility index (Phi) is 4.14. The second kappa shape index (κ2) is 5.82. The van der Waals surface area contributed by atoms with E-state index in [4.69, 9.17) is 28.3 Å². The molecule has 2 aromatic rings. The van der Waals surface area contributed by atoms with E-state index in [1.165, 1.54) is 18.5 Å². The summed E-state index contributed by atoms with van der Waals surface area (Å²) in [5, 5.41) is 9.51. The SMILES string of the molecule is O=C(O)C=Cc1cnc(-c2ccc(Cl)cc2Cl)nc1. The Balaban J connectivity index is 2.30. The van der Waals surface area contributed by atoms with Crippen molar-refractivity contribution in [3.63, 3.8) is 0 Å². The van der Waals surface area contributed by atoms with Crippen LogP contribution in [0.3, 0.4) is 0 Å². The fourth-order valence-electron chi connectivity index (χ4n) is 1.40. The second-order valence-electron chi connectivity index (χ2n) is 3.64. The third-order valence-electron chi connectivity index (χ3n) is 2.26. The number of carboxylic acids is 1. The molecule has 1 heterocycles. The minimum Gasteiger partial charge on any atom is -0.478 e. The molecule has 0 spiro atoms. The largest absolute Gasteiger partial charge is 0.478 e. The first kappa shape index (κ1) is 13.5. The predicted octanol–water partition coefficient (Wildman–Crippen LogP) is 3.55. The zero-order valence-corrected chi connectivity index (χ0v) is 11.1. The van der Waals surface area contributed by atoms with E-state index in [2.05, 4.69) is 9.97 Å². The topological polar surface area (TPSA) is 63.1 Å². The molecule has 0 saturated heterocycles. The average Bonchev–Trinajstić information content (AvgIpc) is 2.37. The van der Waals surface area contributed by atoms with Gasteiger partial charge in [-0.15, -0.1) is 0 Å². The average molecular weight is 295 g/mol. The summed E-state index contributed by atoms with van der Waals surface area (Å²) in [4.78, 5) is 18.6. The minimum atomic E-state index is -1.02. The Morgan fingerprint density at radius 2 is 1.89 bits per heavy atom. The van der Waals surface area contributed by atoms with E-state index in [-0.39, 0.29) is 0 Å². The molecule has 1 N–H and O–H groups in total. The Hall–Kier alpha value is -1.91. The van der Waals surface area contributed by atoms with E-state index < -0.39 is 5.97 Å². The van der Waals surface area contributed by atoms with Gasteiger partial charge < -0.3 is 5.11 Å². The molecule has 0 atom stereocenters. The van der Waals surface area contributed by atoms with Gasteiger partial charge in [0.25, 0.3) is 0 Å². The molecule has 0 radical (unpaired) electrons. The second-order valence-corrected chi connectivity index (χ2v) is 4.48. The molecule has 1 aromatic carbocycles. The number of rotatable bonds is 3. The molecule has 0 aliphatic carbocycles. The molecule has 0 aliphatic heterocycles. The summed E-state index contributed by atoms with van der Waals surface area (Å²) in [6, 6.07) is 5.04. The predicted molar refractivity (Wildman–Crippen MR) is 74.2 cm³/mol. The summed E-state index contributed by atoms with van der Waals surface area (Å²) in [5.41, 5.74) is 1.26. The Morgan fingerprint density at radius 1 is 1.21 bits per heavy atom. The molecule has 6 heteroatoms. The van der Waals surface area contributed by atoms with Crippen LogP contribution in [0.25, 0.3) is 17.5 Å². The molecular formula is C13H8Cl2N2O2. The van der Waals surface area contributed by atoms with Gasteiger partial charge in [-0.1, -0.05) is 23.2 Å². The third-order valence-corrected chi connectivity index (χ3v) is 2.81. The van der Waals surface area contributed by atoms with Gasteiger partial charge in [-0.05, 0) is 24.3 Å². The van der Waals surface area contributed by atoms with E-state index in [1.54, 1.807) is 18.2 Å². The normalized spacial score (nSPS) is 10.8. The molecule has 0 fully saturated rings. The molecule has 0 amide bonds. The highest BCUT2D eigenvalue weighted by Gasteiger charge is 2.06. The van der Waals surface area contributed by atoms with Crippen molar-refractivity contribution in [2.75, 3.05) is 0 Å². The van der Waals surface area contributed by atoms with Crippen LogP contribution in [0.15, 0.2) is 36.7 Å². The zero-order chi connectivity index (χ0) is 13.8. The fraction of sp³-hybridized carbons (Fsp3) is 0. The smallest absolute Gasteiger partial charge is 0.328 e. The lowest BCUT2D eigenvalue weighted by Crippen LogP contribution is -1.91. The van der Waals surface area contributed by atoms with Gasteiger partial charge >= 0.3 is 5.97 Å². The first-order valence-corrected chi connectivity index (χ1v) is 6.00. The third kappa shape index (κ3) is 3.53. The molecule has 0 unspecified atom stereocenters. The zero-order valence-electron chi connectivity index (χ0n) is 9.55. The first-order chi connectivity index (χ1) is 9.06. The molecule has 19 heavy (non-hydrogen) atoms. The highest BCUT2D eigenvalue weighted by atomic mass is 35.5. The van der Waals surface area contributed by atoms with Gasteiger partial charge in [-0.25, -0.2) is 14.8 Å². The quantitative estimate of drug-likeness (QED) is 0.880. The van der Waals surface area contributed by atoms with Crippen LogP contribution in [-0.4, -0.2) is 21.0 Å². The van der Waals surface area contributed by atoms with Crippen LogP contribution in [0.1, 0.15) is 5.56 Å². The highest BCUT2D eigenvalue weighted by molar-refractivity contribution is 6.36. The van der Waals surface area contributed by atoms with Crippen molar-refractivity contribution >= 4 is 35.2 Å². The molecule has 1 aromatic heterocycles. The monoisotopic (exact) mass is 294 g/mol. The van der Waals surface area contributed by atoms with Crippen molar-refractivity contribution in [3.8, 4) is 11.4 Å². The maximum absolute atomic E-state index is 10.4. The number of carboxylic acid groups (broad SMARTS) is 1. The van der Waals surface area contributed by atoms with E-state index >= 15 is 0 Å². The number of benzene rings is 1. The number of carbonyl (C=O) groups is 1. The lowest BCUT2D eigenvalue weighted by Gasteiger charge is -2.03.